The Bertz CT molecular complexity index is 1030. The van der Waals surface area contributed by atoms with E-state index >= 15 is 0 Å². The maximum atomic E-state index is 3.70. The van der Waals surface area contributed by atoms with Gasteiger partial charge >= 0.3 is 0 Å². The Hall–Kier alpha value is -3.26. The molecule has 3 aromatic carbocycles. The van der Waals surface area contributed by atoms with E-state index in [9.17, 15) is 0 Å². The zero-order valence-electron chi connectivity index (χ0n) is 13.8. The molecule has 2 N–H and O–H groups in total. The van der Waals surface area contributed by atoms with Crippen LogP contribution in [0.4, 0.5) is 5.69 Å². The summed E-state index contributed by atoms with van der Waals surface area (Å²) in [5.74, 6) is 0. The third-order valence-electron chi connectivity index (χ3n) is 4.87. The van der Waals surface area contributed by atoms with Gasteiger partial charge in [-0.1, -0.05) is 84.9 Å². The molecule has 0 saturated heterocycles. The number of benzene rings is 3. The van der Waals surface area contributed by atoms with Crippen molar-refractivity contribution in [3.63, 3.8) is 0 Å². The zero-order valence-corrected chi connectivity index (χ0v) is 13.8. The van der Waals surface area contributed by atoms with Crippen molar-refractivity contribution in [3.8, 4) is 33.6 Å². The summed E-state index contributed by atoms with van der Waals surface area (Å²) in [6.45, 7) is 0.856. The van der Waals surface area contributed by atoms with Gasteiger partial charge in [0.2, 0.25) is 0 Å². The molecule has 120 valence electrons. The number of nitrogens with one attached hydrogen (secondary N) is 2. The van der Waals surface area contributed by atoms with Gasteiger partial charge in [0.1, 0.15) is 0 Å². The highest BCUT2D eigenvalue weighted by atomic mass is 14.9. The van der Waals surface area contributed by atoms with Gasteiger partial charge in [-0.15, -0.1) is 0 Å². The first kappa shape index (κ1) is 14.1. The predicted molar refractivity (Wildman–Crippen MR) is 104 cm³/mol. The van der Waals surface area contributed by atoms with E-state index in [1.807, 2.05) is 0 Å². The van der Waals surface area contributed by atoms with E-state index in [1.165, 1.54) is 39.2 Å². The summed E-state index contributed by atoms with van der Waals surface area (Å²) in [7, 11) is 0. The van der Waals surface area contributed by atoms with Crippen LogP contribution >= 0.6 is 0 Å². The zero-order chi connectivity index (χ0) is 16.6. The smallest absolute Gasteiger partial charge is 0.0701 e. The molecule has 0 bridgehead atoms. The Kier molecular flexibility index (Phi) is 3.20. The summed E-state index contributed by atoms with van der Waals surface area (Å²) < 4.78 is 0. The van der Waals surface area contributed by atoms with Crippen LogP contribution in [0.15, 0.2) is 84.9 Å². The van der Waals surface area contributed by atoms with Crippen LogP contribution in [0.2, 0.25) is 0 Å². The Labute approximate surface area is 147 Å². The molecule has 0 spiro atoms. The molecule has 0 atom stereocenters. The maximum absolute atomic E-state index is 3.70. The second-order valence-corrected chi connectivity index (χ2v) is 6.37. The van der Waals surface area contributed by atoms with Crippen molar-refractivity contribution in [3.05, 3.63) is 90.5 Å². The molecule has 1 aromatic heterocycles. The monoisotopic (exact) mass is 322 g/mol. The Morgan fingerprint density at radius 3 is 1.92 bits per heavy atom. The lowest BCUT2D eigenvalue weighted by Crippen LogP contribution is -2.07. The van der Waals surface area contributed by atoms with Gasteiger partial charge in [0.25, 0.3) is 0 Å². The molecule has 25 heavy (non-hydrogen) atoms. The van der Waals surface area contributed by atoms with E-state index in [0.29, 0.717) is 0 Å². The van der Waals surface area contributed by atoms with Gasteiger partial charge in [-0.3, -0.25) is 0 Å². The molecule has 0 radical (unpaired) electrons. The minimum Gasteiger partial charge on any atom is -0.379 e. The van der Waals surface area contributed by atoms with E-state index in [-0.39, 0.29) is 0 Å². The molecular formula is C23H18N2. The first-order valence-corrected chi connectivity index (χ1v) is 8.61. The van der Waals surface area contributed by atoms with Gasteiger partial charge in [-0.05, 0) is 16.7 Å². The number of fused-ring (bicyclic) bond motifs is 3. The molecule has 0 aliphatic carbocycles. The third kappa shape index (κ3) is 2.26. The normalized spacial score (nSPS) is 12.2. The number of aromatic nitrogens is 1. The fraction of sp³-hybridized carbons (Fsp3) is 0.0435. The van der Waals surface area contributed by atoms with Crippen LogP contribution in [0.3, 0.4) is 0 Å². The minimum absolute atomic E-state index is 0.856. The minimum atomic E-state index is 0.856. The fourth-order valence-electron chi connectivity index (χ4n) is 3.69. The van der Waals surface area contributed by atoms with Gasteiger partial charge < -0.3 is 10.3 Å². The van der Waals surface area contributed by atoms with Crippen LogP contribution in [0.25, 0.3) is 33.6 Å². The summed E-state index contributed by atoms with van der Waals surface area (Å²) in [5.41, 5.74) is 9.86. The van der Waals surface area contributed by atoms with E-state index < -0.39 is 0 Å². The SMILES string of the molecule is c1ccc(-c2[nH]c(-c3ccccc3)c3c2NCc2ccccc2-3)cc1. The van der Waals surface area contributed by atoms with E-state index in [2.05, 4.69) is 95.2 Å². The van der Waals surface area contributed by atoms with Crippen LogP contribution in [0, 0.1) is 0 Å². The van der Waals surface area contributed by atoms with Crippen LogP contribution in [0.5, 0.6) is 0 Å². The summed E-state index contributed by atoms with van der Waals surface area (Å²) in [6.07, 6.45) is 0. The van der Waals surface area contributed by atoms with Crippen molar-refractivity contribution in [2.24, 2.45) is 0 Å². The molecule has 4 aromatic rings. The highest BCUT2D eigenvalue weighted by Crippen LogP contribution is 2.47. The Morgan fingerprint density at radius 1 is 0.600 bits per heavy atom. The van der Waals surface area contributed by atoms with Crippen LogP contribution in [0.1, 0.15) is 5.56 Å². The maximum Gasteiger partial charge on any atom is 0.0701 e. The van der Waals surface area contributed by atoms with Crippen molar-refractivity contribution >= 4 is 5.69 Å². The van der Waals surface area contributed by atoms with E-state index in [1.54, 1.807) is 0 Å². The fourth-order valence-corrected chi connectivity index (χ4v) is 3.69. The van der Waals surface area contributed by atoms with Gasteiger partial charge in [0.05, 0.1) is 17.1 Å². The van der Waals surface area contributed by atoms with Gasteiger partial charge in [0.15, 0.2) is 0 Å². The predicted octanol–water partition coefficient (Wildman–Crippen LogP) is 5.94. The molecule has 2 nitrogen and oxygen atoms in total. The highest BCUT2D eigenvalue weighted by molar-refractivity contribution is 6.00. The summed E-state index contributed by atoms with van der Waals surface area (Å²) >= 11 is 0. The van der Waals surface area contributed by atoms with Crippen LogP contribution < -0.4 is 5.32 Å². The number of rotatable bonds is 2. The molecule has 0 saturated carbocycles. The van der Waals surface area contributed by atoms with Crippen molar-refractivity contribution in [1.82, 2.24) is 4.98 Å². The number of anilines is 1. The van der Waals surface area contributed by atoms with Crippen LogP contribution in [-0.4, -0.2) is 4.98 Å². The van der Waals surface area contributed by atoms with Gasteiger partial charge in [-0.2, -0.15) is 0 Å². The third-order valence-corrected chi connectivity index (χ3v) is 4.87. The largest absolute Gasteiger partial charge is 0.379 e. The lowest BCUT2D eigenvalue weighted by molar-refractivity contribution is 1.13. The number of hydrogen-bond acceptors (Lipinski definition) is 1. The number of hydrogen-bond donors (Lipinski definition) is 2. The van der Waals surface area contributed by atoms with Crippen molar-refractivity contribution in [1.29, 1.82) is 0 Å². The molecule has 5 rings (SSSR count). The number of H-pyrrole nitrogens is 1. The van der Waals surface area contributed by atoms with E-state index in [4.69, 9.17) is 0 Å². The van der Waals surface area contributed by atoms with Crippen molar-refractivity contribution < 1.29 is 0 Å². The van der Waals surface area contributed by atoms with Crippen LogP contribution in [-0.2, 0) is 6.54 Å². The molecule has 0 amide bonds. The quantitative estimate of drug-likeness (QED) is 0.469. The van der Waals surface area contributed by atoms with Crippen molar-refractivity contribution in [2.75, 3.05) is 5.32 Å². The Morgan fingerprint density at radius 2 is 1.20 bits per heavy atom. The first-order valence-electron chi connectivity index (χ1n) is 8.61. The summed E-state index contributed by atoms with van der Waals surface area (Å²) in [5, 5.41) is 3.64. The lowest BCUT2D eigenvalue weighted by atomic mass is 9.92. The van der Waals surface area contributed by atoms with Gasteiger partial charge in [0, 0.05) is 17.7 Å². The average molecular weight is 322 g/mol. The molecule has 1 aliphatic heterocycles. The average Bonchev–Trinajstić information content (AvgIpc) is 3.09. The first-order chi connectivity index (χ1) is 12.4. The standard InChI is InChI=1S/C23H18N2/c1-3-9-16(10-4-1)21-20-19-14-8-7-13-18(19)15-24-23(20)22(25-21)17-11-5-2-6-12-17/h1-14,24-25H,15H2. The molecule has 0 fully saturated rings. The molecule has 2 heterocycles. The molecule has 2 heteroatoms. The lowest BCUT2D eigenvalue weighted by Gasteiger charge is -2.20. The second-order valence-electron chi connectivity index (χ2n) is 6.37. The second kappa shape index (κ2) is 5.67. The Balaban J connectivity index is 1.82. The highest BCUT2D eigenvalue weighted by Gasteiger charge is 2.25. The topological polar surface area (TPSA) is 27.8 Å². The molecule has 0 unspecified atom stereocenters. The van der Waals surface area contributed by atoms with E-state index in [0.717, 1.165) is 12.2 Å². The van der Waals surface area contributed by atoms with Crippen molar-refractivity contribution in [2.45, 2.75) is 6.54 Å². The van der Waals surface area contributed by atoms with Gasteiger partial charge in [-0.25, -0.2) is 0 Å². The molecule has 1 aliphatic rings. The molecular weight excluding hydrogens is 304 g/mol. The summed E-state index contributed by atoms with van der Waals surface area (Å²) in [4.78, 5) is 3.70. The number of aromatic amines is 1. The summed E-state index contributed by atoms with van der Waals surface area (Å²) in [6, 6.07) is 29.8.